The molecule has 3 aromatic rings. The van der Waals surface area contributed by atoms with Crippen molar-refractivity contribution in [3.8, 4) is 16.8 Å². The predicted molar refractivity (Wildman–Crippen MR) is 97.3 cm³/mol. The van der Waals surface area contributed by atoms with E-state index >= 15 is 0 Å². The van der Waals surface area contributed by atoms with Crippen LogP contribution in [0.4, 0.5) is 5.82 Å². The van der Waals surface area contributed by atoms with Crippen molar-refractivity contribution in [2.45, 2.75) is 39.7 Å². The van der Waals surface area contributed by atoms with Crippen molar-refractivity contribution in [1.82, 2.24) is 19.7 Å². The van der Waals surface area contributed by atoms with Gasteiger partial charge in [-0.3, -0.25) is 4.98 Å². The van der Waals surface area contributed by atoms with Crippen LogP contribution in [0.1, 0.15) is 32.9 Å². The molecule has 0 spiro atoms. The van der Waals surface area contributed by atoms with Crippen molar-refractivity contribution in [3.05, 3.63) is 54.7 Å². The number of pyridine rings is 2. The quantitative estimate of drug-likeness (QED) is 0.742. The first kappa shape index (κ1) is 16.2. The number of anilines is 1. The molecule has 0 fully saturated rings. The van der Waals surface area contributed by atoms with Crippen LogP contribution >= 0.6 is 0 Å². The number of hydrogen-bond donors (Lipinski definition) is 1. The van der Waals surface area contributed by atoms with E-state index in [0.29, 0.717) is 6.04 Å². The second-order valence-corrected chi connectivity index (χ2v) is 6.16. The van der Waals surface area contributed by atoms with Crippen molar-refractivity contribution in [2.75, 3.05) is 5.32 Å². The number of nitrogens with one attached hydrogen (secondary N) is 1. The lowest BCUT2D eigenvalue weighted by atomic mass is 10.1. The summed E-state index contributed by atoms with van der Waals surface area (Å²) in [4.78, 5) is 8.85. The second-order valence-electron chi connectivity index (χ2n) is 6.16. The van der Waals surface area contributed by atoms with E-state index in [1.807, 2.05) is 41.6 Å². The van der Waals surface area contributed by atoms with Gasteiger partial charge in [0.25, 0.3) is 0 Å². The van der Waals surface area contributed by atoms with E-state index < -0.39 is 0 Å². The minimum absolute atomic E-state index is 0.370. The standard InChI is InChI=1S/C19H23N5/c1-4-5-17-10-18(8-9-20-17)24-13-16(12-22-24)15-6-7-19(21-11-15)23-14(2)3/h6-14H,4-5H2,1-3H3,(H,21,23). The van der Waals surface area contributed by atoms with Crippen LogP contribution in [0, 0.1) is 0 Å². The van der Waals surface area contributed by atoms with Gasteiger partial charge < -0.3 is 5.32 Å². The van der Waals surface area contributed by atoms with Crippen molar-refractivity contribution >= 4 is 5.82 Å². The van der Waals surface area contributed by atoms with Gasteiger partial charge in [0, 0.05) is 41.5 Å². The molecule has 3 rings (SSSR count). The molecular formula is C19H23N5. The van der Waals surface area contributed by atoms with E-state index in [2.05, 4.69) is 53.3 Å². The van der Waals surface area contributed by atoms with Crippen LogP contribution in [-0.2, 0) is 6.42 Å². The molecule has 124 valence electrons. The first-order valence-electron chi connectivity index (χ1n) is 8.38. The Morgan fingerprint density at radius 1 is 1.08 bits per heavy atom. The molecule has 0 aliphatic carbocycles. The zero-order chi connectivity index (χ0) is 16.9. The van der Waals surface area contributed by atoms with Crippen molar-refractivity contribution in [3.63, 3.8) is 0 Å². The molecule has 0 aliphatic heterocycles. The third-order valence-electron chi connectivity index (χ3n) is 3.69. The third-order valence-corrected chi connectivity index (χ3v) is 3.69. The molecule has 0 atom stereocenters. The summed E-state index contributed by atoms with van der Waals surface area (Å²) in [6.45, 7) is 6.35. The lowest BCUT2D eigenvalue weighted by Crippen LogP contribution is -2.10. The van der Waals surface area contributed by atoms with Crippen LogP contribution in [0.2, 0.25) is 0 Å². The third kappa shape index (κ3) is 3.79. The fraction of sp³-hybridized carbons (Fsp3) is 0.316. The highest BCUT2D eigenvalue weighted by atomic mass is 15.3. The molecule has 0 bridgehead atoms. The van der Waals surface area contributed by atoms with Gasteiger partial charge in [0.2, 0.25) is 0 Å². The van der Waals surface area contributed by atoms with Crippen LogP contribution in [0.25, 0.3) is 16.8 Å². The predicted octanol–water partition coefficient (Wildman–Crippen LogP) is 4.10. The molecule has 3 heterocycles. The Kier molecular flexibility index (Phi) is 4.89. The summed E-state index contributed by atoms with van der Waals surface area (Å²) in [6.07, 6.45) is 9.68. The number of aromatic nitrogens is 4. The normalized spacial score (nSPS) is 11.0. The lowest BCUT2D eigenvalue weighted by molar-refractivity contribution is 0.848. The van der Waals surface area contributed by atoms with Crippen LogP contribution < -0.4 is 5.32 Å². The number of nitrogens with zero attached hydrogens (tertiary/aromatic N) is 4. The van der Waals surface area contributed by atoms with E-state index in [4.69, 9.17) is 0 Å². The molecule has 0 saturated carbocycles. The van der Waals surface area contributed by atoms with E-state index in [9.17, 15) is 0 Å². The summed E-state index contributed by atoms with van der Waals surface area (Å²) < 4.78 is 1.89. The molecule has 0 aliphatic rings. The van der Waals surface area contributed by atoms with Gasteiger partial charge in [0.05, 0.1) is 11.9 Å². The molecule has 3 aromatic heterocycles. The first-order chi connectivity index (χ1) is 11.7. The smallest absolute Gasteiger partial charge is 0.126 e. The van der Waals surface area contributed by atoms with Gasteiger partial charge in [-0.1, -0.05) is 13.3 Å². The molecule has 0 unspecified atom stereocenters. The van der Waals surface area contributed by atoms with Gasteiger partial charge in [-0.25, -0.2) is 9.67 Å². The Bertz CT molecular complexity index is 790. The summed E-state index contributed by atoms with van der Waals surface area (Å²) in [5, 5.41) is 7.77. The molecule has 0 aromatic carbocycles. The van der Waals surface area contributed by atoms with Gasteiger partial charge in [-0.15, -0.1) is 0 Å². The van der Waals surface area contributed by atoms with Crippen LogP contribution in [0.15, 0.2) is 49.1 Å². The maximum Gasteiger partial charge on any atom is 0.126 e. The fourth-order valence-corrected chi connectivity index (χ4v) is 2.56. The van der Waals surface area contributed by atoms with Crippen molar-refractivity contribution in [1.29, 1.82) is 0 Å². The zero-order valence-corrected chi connectivity index (χ0v) is 14.4. The average molecular weight is 321 g/mol. The van der Waals surface area contributed by atoms with Gasteiger partial charge in [-0.2, -0.15) is 5.10 Å². The molecule has 0 saturated heterocycles. The maximum absolute atomic E-state index is 4.48. The highest BCUT2D eigenvalue weighted by molar-refractivity contribution is 5.62. The molecule has 24 heavy (non-hydrogen) atoms. The second kappa shape index (κ2) is 7.25. The van der Waals surface area contributed by atoms with E-state index in [0.717, 1.165) is 41.2 Å². The molecule has 5 nitrogen and oxygen atoms in total. The van der Waals surface area contributed by atoms with E-state index in [1.165, 1.54) is 0 Å². The Morgan fingerprint density at radius 3 is 2.67 bits per heavy atom. The largest absolute Gasteiger partial charge is 0.368 e. The minimum atomic E-state index is 0.370. The highest BCUT2D eigenvalue weighted by Gasteiger charge is 2.06. The highest BCUT2D eigenvalue weighted by Crippen LogP contribution is 2.21. The van der Waals surface area contributed by atoms with Gasteiger partial charge >= 0.3 is 0 Å². The Balaban J connectivity index is 1.81. The monoisotopic (exact) mass is 321 g/mol. The summed E-state index contributed by atoms with van der Waals surface area (Å²) >= 11 is 0. The van der Waals surface area contributed by atoms with E-state index in [-0.39, 0.29) is 0 Å². The Morgan fingerprint density at radius 2 is 1.96 bits per heavy atom. The maximum atomic E-state index is 4.48. The Labute approximate surface area is 142 Å². The fourth-order valence-electron chi connectivity index (χ4n) is 2.56. The molecule has 0 amide bonds. The topological polar surface area (TPSA) is 55.6 Å². The number of rotatable bonds is 6. The average Bonchev–Trinajstić information content (AvgIpc) is 3.06. The summed E-state index contributed by atoms with van der Waals surface area (Å²) in [6, 6.07) is 8.50. The number of hydrogen-bond acceptors (Lipinski definition) is 4. The SMILES string of the molecule is CCCc1cc(-n2cc(-c3ccc(NC(C)C)nc3)cn2)ccn1. The Hall–Kier alpha value is -2.69. The molecule has 1 N–H and O–H groups in total. The molecule has 5 heteroatoms. The zero-order valence-electron chi connectivity index (χ0n) is 14.4. The summed E-state index contributed by atoms with van der Waals surface area (Å²) in [5.74, 6) is 0.888. The first-order valence-corrected chi connectivity index (χ1v) is 8.38. The van der Waals surface area contributed by atoms with E-state index in [1.54, 1.807) is 0 Å². The molecule has 0 radical (unpaired) electrons. The van der Waals surface area contributed by atoms with Gasteiger partial charge in [0.1, 0.15) is 5.82 Å². The van der Waals surface area contributed by atoms with Crippen LogP contribution in [-0.4, -0.2) is 25.8 Å². The summed E-state index contributed by atoms with van der Waals surface area (Å²) in [7, 11) is 0. The van der Waals surface area contributed by atoms with Crippen LogP contribution in [0.5, 0.6) is 0 Å². The number of aryl methyl sites for hydroxylation is 1. The van der Waals surface area contributed by atoms with Crippen molar-refractivity contribution < 1.29 is 0 Å². The lowest BCUT2D eigenvalue weighted by Gasteiger charge is -2.08. The van der Waals surface area contributed by atoms with Gasteiger partial charge in [-0.05, 0) is 44.5 Å². The van der Waals surface area contributed by atoms with Gasteiger partial charge in [0.15, 0.2) is 0 Å². The van der Waals surface area contributed by atoms with Crippen molar-refractivity contribution in [2.24, 2.45) is 0 Å². The minimum Gasteiger partial charge on any atom is -0.368 e. The molecular weight excluding hydrogens is 298 g/mol. The summed E-state index contributed by atoms with van der Waals surface area (Å²) in [5.41, 5.74) is 4.23. The van der Waals surface area contributed by atoms with Crippen LogP contribution in [0.3, 0.4) is 0 Å².